The van der Waals surface area contributed by atoms with Gasteiger partial charge in [-0.05, 0) is 24.6 Å². The minimum absolute atomic E-state index is 0.500. The van der Waals surface area contributed by atoms with Crippen LogP contribution in [0.1, 0.15) is 17.5 Å². The molecule has 1 unspecified atom stereocenters. The van der Waals surface area contributed by atoms with E-state index in [1.165, 1.54) is 11.5 Å². The molecule has 1 aliphatic rings. The number of piperazine rings is 1. The summed E-state index contributed by atoms with van der Waals surface area (Å²) >= 11 is 1.46. The molecule has 3 rings (SSSR count). The molecule has 0 aliphatic carbocycles. The summed E-state index contributed by atoms with van der Waals surface area (Å²) in [5.41, 5.74) is 0.895. The smallest absolute Gasteiger partial charge is 0.205 e. The molecule has 2 heterocycles. The summed E-state index contributed by atoms with van der Waals surface area (Å²) < 4.78 is 9.46. The van der Waals surface area contributed by atoms with Crippen molar-refractivity contribution >= 4 is 16.7 Å². The predicted octanol–water partition coefficient (Wildman–Crippen LogP) is 1.71. The van der Waals surface area contributed by atoms with Crippen molar-refractivity contribution in [2.75, 3.05) is 44.7 Å². The second kappa shape index (κ2) is 7.25. The van der Waals surface area contributed by atoms with Crippen molar-refractivity contribution in [2.24, 2.45) is 0 Å². The summed E-state index contributed by atoms with van der Waals surface area (Å²) in [4.78, 5) is 8.99. The normalized spacial score (nSPS) is 17.3. The van der Waals surface area contributed by atoms with Crippen LogP contribution in [0.5, 0.6) is 5.75 Å². The van der Waals surface area contributed by atoms with Crippen LogP contribution >= 0.6 is 11.5 Å². The van der Waals surface area contributed by atoms with Gasteiger partial charge in [-0.15, -0.1) is 0 Å². The molecule has 0 spiro atoms. The quantitative estimate of drug-likeness (QED) is 0.898. The van der Waals surface area contributed by atoms with Crippen LogP contribution in [-0.2, 0) is 0 Å². The van der Waals surface area contributed by atoms with E-state index < -0.39 is 6.10 Å². The molecular formula is C16H22N4O2S. The van der Waals surface area contributed by atoms with Crippen molar-refractivity contribution in [1.82, 2.24) is 14.3 Å². The van der Waals surface area contributed by atoms with Gasteiger partial charge in [-0.25, -0.2) is 4.98 Å². The minimum atomic E-state index is -0.500. The van der Waals surface area contributed by atoms with Crippen molar-refractivity contribution in [3.63, 3.8) is 0 Å². The van der Waals surface area contributed by atoms with Crippen molar-refractivity contribution in [3.8, 4) is 5.75 Å². The van der Waals surface area contributed by atoms with Gasteiger partial charge in [0.1, 0.15) is 11.6 Å². The predicted molar refractivity (Wildman–Crippen MR) is 91.3 cm³/mol. The molecule has 124 valence electrons. The van der Waals surface area contributed by atoms with E-state index >= 15 is 0 Å². The van der Waals surface area contributed by atoms with Crippen LogP contribution < -0.4 is 9.64 Å². The number of β-amino-alcohol motifs (C(OH)–C–C–N with tert-alkyl or cyclic N) is 1. The van der Waals surface area contributed by atoms with Gasteiger partial charge in [-0.1, -0.05) is 12.1 Å². The molecule has 2 aromatic rings. The molecule has 0 bridgehead atoms. The maximum Gasteiger partial charge on any atom is 0.205 e. The fraction of sp³-hybridized carbons (Fsp3) is 0.500. The fourth-order valence-corrected chi connectivity index (χ4v) is 3.46. The Bertz CT molecular complexity index is 641. The Labute approximate surface area is 140 Å². The van der Waals surface area contributed by atoms with Gasteiger partial charge in [0.25, 0.3) is 0 Å². The molecular weight excluding hydrogens is 312 g/mol. The number of hydrogen-bond donors (Lipinski definition) is 1. The summed E-state index contributed by atoms with van der Waals surface area (Å²) in [6.45, 7) is 6.22. The van der Waals surface area contributed by atoms with E-state index in [0.717, 1.165) is 48.4 Å². The molecule has 1 N–H and O–H groups in total. The second-order valence-electron chi connectivity index (χ2n) is 5.70. The Morgan fingerprint density at radius 2 is 2.09 bits per heavy atom. The van der Waals surface area contributed by atoms with Crippen molar-refractivity contribution in [3.05, 3.63) is 35.7 Å². The lowest BCUT2D eigenvalue weighted by Crippen LogP contribution is -2.47. The summed E-state index contributed by atoms with van der Waals surface area (Å²) in [7, 11) is 1.64. The zero-order valence-corrected chi connectivity index (χ0v) is 14.3. The number of ether oxygens (including phenoxy) is 1. The average molecular weight is 334 g/mol. The highest BCUT2D eigenvalue weighted by molar-refractivity contribution is 7.09. The van der Waals surface area contributed by atoms with Gasteiger partial charge >= 0.3 is 0 Å². The molecule has 1 aromatic heterocycles. The maximum atomic E-state index is 10.4. The summed E-state index contributed by atoms with van der Waals surface area (Å²) in [5.74, 6) is 1.61. The number of aryl methyl sites for hydroxylation is 1. The Morgan fingerprint density at radius 1 is 1.30 bits per heavy atom. The topological polar surface area (TPSA) is 61.7 Å². The SMILES string of the molecule is COc1cccc(C(O)CN2CCN(c3nc(C)ns3)CC2)c1. The molecule has 0 saturated carbocycles. The van der Waals surface area contributed by atoms with E-state index in [9.17, 15) is 5.11 Å². The number of nitrogens with zero attached hydrogens (tertiary/aromatic N) is 4. The second-order valence-corrected chi connectivity index (χ2v) is 6.43. The minimum Gasteiger partial charge on any atom is -0.497 e. The zero-order chi connectivity index (χ0) is 16.2. The monoisotopic (exact) mass is 334 g/mol. The van der Waals surface area contributed by atoms with Crippen LogP contribution in [0.15, 0.2) is 24.3 Å². The van der Waals surface area contributed by atoms with Gasteiger partial charge in [0.05, 0.1) is 13.2 Å². The number of hydrogen-bond acceptors (Lipinski definition) is 7. The van der Waals surface area contributed by atoms with Gasteiger partial charge < -0.3 is 14.7 Å². The van der Waals surface area contributed by atoms with Crippen molar-refractivity contribution in [2.45, 2.75) is 13.0 Å². The molecule has 1 fully saturated rings. The molecule has 1 saturated heterocycles. The van der Waals surface area contributed by atoms with Gasteiger partial charge in [0.15, 0.2) is 0 Å². The first kappa shape index (κ1) is 16.2. The number of rotatable bonds is 5. The van der Waals surface area contributed by atoms with Crippen LogP contribution in [0.4, 0.5) is 5.13 Å². The standard InChI is InChI=1S/C16H22N4O2S/c1-12-17-16(23-18-12)20-8-6-19(7-9-20)11-15(21)13-4-3-5-14(10-13)22-2/h3-5,10,15,21H,6-9,11H2,1-2H3. The van der Waals surface area contributed by atoms with Crippen LogP contribution in [0.25, 0.3) is 0 Å². The number of benzene rings is 1. The third-order valence-electron chi connectivity index (χ3n) is 4.07. The molecule has 1 aromatic carbocycles. The van der Waals surface area contributed by atoms with Crippen LogP contribution in [0.2, 0.25) is 0 Å². The van der Waals surface area contributed by atoms with E-state index in [1.807, 2.05) is 31.2 Å². The van der Waals surface area contributed by atoms with E-state index in [1.54, 1.807) is 7.11 Å². The maximum absolute atomic E-state index is 10.4. The van der Waals surface area contributed by atoms with Crippen molar-refractivity contribution < 1.29 is 9.84 Å². The van der Waals surface area contributed by atoms with Gasteiger partial charge in [0.2, 0.25) is 5.13 Å². The zero-order valence-electron chi connectivity index (χ0n) is 13.5. The summed E-state index contributed by atoms with van der Waals surface area (Å²) in [6, 6.07) is 7.63. The lowest BCUT2D eigenvalue weighted by atomic mass is 10.1. The van der Waals surface area contributed by atoms with E-state index in [0.29, 0.717) is 6.54 Å². The highest BCUT2D eigenvalue weighted by Crippen LogP contribution is 2.22. The van der Waals surface area contributed by atoms with Crippen molar-refractivity contribution in [1.29, 1.82) is 0 Å². The van der Waals surface area contributed by atoms with Gasteiger partial charge in [0, 0.05) is 44.3 Å². The lowest BCUT2D eigenvalue weighted by Gasteiger charge is -2.35. The lowest BCUT2D eigenvalue weighted by molar-refractivity contribution is 0.109. The fourth-order valence-electron chi connectivity index (χ4n) is 2.74. The first-order valence-corrected chi connectivity index (χ1v) is 8.52. The van der Waals surface area contributed by atoms with Crippen LogP contribution in [-0.4, -0.2) is 59.2 Å². The highest BCUT2D eigenvalue weighted by Gasteiger charge is 2.22. The molecule has 1 atom stereocenters. The molecule has 0 radical (unpaired) electrons. The summed E-state index contributed by atoms with van der Waals surface area (Å²) in [6.07, 6.45) is -0.500. The molecule has 0 amide bonds. The number of aromatic nitrogens is 2. The summed E-state index contributed by atoms with van der Waals surface area (Å²) in [5, 5.41) is 11.4. The average Bonchev–Trinajstić information content (AvgIpc) is 3.02. The van der Waals surface area contributed by atoms with Gasteiger partial charge in [-0.3, -0.25) is 4.90 Å². The third-order valence-corrected chi connectivity index (χ3v) is 4.94. The molecule has 6 nitrogen and oxygen atoms in total. The highest BCUT2D eigenvalue weighted by atomic mass is 32.1. The van der Waals surface area contributed by atoms with E-state index in [-0.39, 0.29) is 0 Å². The third kappa shape index (κ3) is 3.99. The Kier molecular flexibility index (Phi) is 5.09. The molecule has 1 aliphatic heterocycles. The Balaban J connectivity index is 1.53. The first-order valence-electron chi connectivity index (χ1n) is 7.75. The molecule has 7 heteroatoms. The molecule has 23 heavy (non-hydrogen) atoms. The van der Waals surface area contributed by atoms with Crippen LogP contribution in [0.3, 0.4) is 0 Å². The van der Waals surface area contributed by atoms with Gasteiger partial charge in [-0.2, -0.15) is 4.37 Å². The number of aliphatic hydroxyl groups is 1. The number of aliphatic hydroxyl groups excluding tert-OH is 1. The Hall–Kier alpha value is -1.70. The van der Waals surface area contributed by atoms with Crippen LogP contribution in [0, 0.1) is 6.92 Å². The first-order chi connectivity index (χ1) is 11.2. The number of methoxy groups -OCH3 is 1. The largest absolute Gasteiger partial charge is 0.497 e. The van der Waals surface area contributed by atoms with E-state index in [4.69, 9.17) is 4.74 Å². The number of anilines is 1. The Morgan fingerprint density at radius 3 is 2.74 bits per heavy atom. The van der Waals surface area contributed by atoms with E-state index in [2.05, 4.69) is 19.2 Å².